The number of anilines is 1. The summed E-state index contributed by atoms with van der Waals surface area (Å²) < 4.78 is 1.06. The maximum Gasteiger partial charge on any atom is 0.229 e. The fourth-order valence-electron chi connectivity index (χ4n) is 3.78. The number of thiazole rings is 1. The van der Waals surface area contributed by atoms with Crippen molar-refractivity contribution in [1.29, 1.82) is 0 Å². The highest BCUT2D eigenvalue weighted by atomic mass is 32.1. The van der Waals surface area contributed by atoms with Crippen LogP contribution in [0.2, 0.25) is 0 Å². The Morgan fingerprint density at radius 1 is 1.30 bits per heavy atom. The molecule has 2 amide bonds. The number of aliphatic hydroxyl groups excluding tert-OH is 1. The Morgan fingerprint density at radius 3 is 2.81 bits per heavy atom. The first-order chi connectivity index (χ1) is 13.0. The number of amides is 2. The Kier molecular flexibility index (Phi) is 5.12. The van der Waals surface area contributed by atoms with Crippen LogP contribution in [0.5, 0.6) is 0 Å². The fraction of sp³-hybridized carbons (Fsp3) is 0.526. The van der Waals surface area contributed by atoms with Crippen molar-refractivity contribution in [3.8, 4) is 0 Å². The maximum atomic E-state index is 12.9. The number of benzene rings is 1. The monoisotopic (exact) mass is 388 g/mol. The second-order valence-corrected chi connectivity index (χ2v) is 8.27. The largest absolute Gasteiger partial charge is 0.395 e. The van der Waals surface area contributed by atoms with E-state index in [1.54, 1.807) is 4.90 Å². The van der Waals surface area contributed by atoms with Crippen molar-refractivity contribution >= 4 is 38.5 Å². The van der Waals surface area contributed by atoms with Crippen molar-refractivity contribution in [3.05, 3.63) is 23.8 Å². The number of rotatable bonds is 4. The van der Waals surface area contributed by atoms with Crippen LogP contribution in [0.3, 0.4) is 0 Å². The van der Waals surface area contributed by atoms with E-state index in [0.717, 1.165) is 23.3 Å². The number of β-amino-alcohol motifs (C(OH)–C–C–N with tert-alkyl or cyclic N) is 1. The minimum absolute atomic E-state index is 0.0250. The van der Waals surface area contributed by atoms with E-state index in [-0.39, 0.29) is 30.8 Å². The van der Waals surface area contributed by atoms with Crippen LogP contribution in [0.1, 0.15) is 12.0 Å². The zero-order valence-electron chi connectivity index (χ0n) is 15.4. The number of aliphatic hydroxyl groups is 1. The molecule has 1 aromatic carbocycles. The average Bonchev–Trinajstić information content (AvgIpc) is 3.24. The Balaban J connectivity index is 1.43. The number of nitrogens with zero attached hydrogens (tertiary/aromatic N) is 4. The minimum atomic E-state index is -0.296. The molecule has 0 bridgehead atoms. The summed E-state index contributed by atoms with van der Waals surface area (Å²) in [7, 11) is 0. The van der Waals surface area contributed by atoms with Gasteiger partial charge in [-0.25, -0.2) is 4.98 Å². The van der Waals surface area contributed by atoms with Crippen LogP contribution < -0.4 is 4.90 Å². The zero-order chi connectivity index (χ0) is 19.0. The van der Waals surface area contributed by atoms with Gasteiger partial charge in [-0.3, -0.25) is 19.4 Å². The summed E-state index contributed by atoms with van der Waals surface area (Å²) in [5.74, 6) is -0.259. The van der Waals surface area contributed by atoms with Gasteiger partial charge in [-0.15, -0.1) is 0 Å². The predicted molar refractivity (Wildman–Crippen MR) is 105 cm³/mol. The number of carbonyl (C=O) groups is 2. The molecule has 0 radical (unpaired) electrons. The molecule has 144 valence electrons. The van der Waals surface area contributed by atoms with Crippen LogP contribution in [-0.4, -0.2) is 77.6 Å². The van der Waals surface area contributed by atoms with E-state index >= 15 is 0 Å². The van der Waals surface area contributed by atoms with Crippen LogP contribution in [0.15, 0.2) is 18.2 Å². The molecule has 1 atom stereocenters. The second kappa shape index (κ2) is 7.53. The zero-order valence-corrected chi connectivity index (χ0v) is 16.2. The molecule has 2 aromatic rings. The third-order valence-electron chi connectivity index (χ3n) is 5.34. The van der Waals surface area contributed by atoms with Crippen molar-refractivity contribution in [2.45, 2.75) is 13.3 Å². The number of piperazine rings is 1. The molecule has 3 heterocycles. The third-order valence-corrected chi connectivity index (χ3v) is 6.38. The van der Waals surface area contributed by atoms with E-state index in [4.69, 9.17) is 5.11 Å². The topological polar surface area (TPSA) is 77.0 Å². The number of carbonyl (C=O) groups excluding carboxylic acids is 2. The Morgan fingerprint density at radius 2 is 2.07 bits per heavy atom. The number of aromatic nitrogens is 1. The van der Waals surface area contributed by atoms with Crippen molar-refractivity contribution in [2.24, 2.45) is 5.92 Å². The van der Waals surface area contributed by atoms with Gasteiger partial charge in [0.2, 0.25) is 11.8 Å². The number of hydrogen-bond donors (Lipinski definition) is 1. The van der Waals surface area contributed by atoms with Crippen molar-refractivity contribution in [3.63, 3.8) is 0 Å². The van der Waals surface area contributed by atoms with Gasteiger partial charge >= 0.3 is 0 Å². The highest BCUT2D eigenvalue weighted by Gasteiger charge is 2.39. The van der Waals surface area contributed by atoms with Crippen molar-refractivity contribution < 1.29 is 14.7 Å². The highest BCUT2D eigenvalue weighted by molar-refractivity contribution is 7.22. The Hall–Kier alpha value is -2.03. The van der Waals surface area contributed by atoms with Gasteiger partial charge in [0.1, 0.15) is 0 Å². The lowest BCUT2D eigenvalue weighted by atomic mass is 10.1. The van der Waals surface area contributed by atoms with E-state index in [0.29, 0.717) is 31.3 Å². The van der Waals surface area contributed by atoms with E-state index in [1.165, 1.54) is 16.9 Å². The average molecular weight is 388 g/mol. The molecule has 0 spiro atoms. The molecular formula is C19H24N4O3S. The molecule has 1 N–H and O–H groups in total. The van der Waals surface area contributed by atoms with Crippen LogP contribution in [0, 0.1) is 12.8 Å². The summed E-state index contributed by atoms with van der Waals surface area (Å²) in [5, 5.41) is 9.71. The highest BCUT2D eigenvalue weighted by Crippen LogP contribution is 2.33. The summed E-state index contributed by atoms with van der Waals surface area (Å²) in [4.78, 5) is 35.7. The molecule has 1 aromatic heterocycles. The first-order valence-corrected chi connectivity index (χ1v) is 10.2. The summed E-state index contributed by atoms with van der Waals surface area (Å²) >= 11 is 1.51. The normalized spacial score (nSPS) is 21.4. The molecule has 2 aliphatic rings. The van der Waals surface area contributed by atoms with E-state index < -0.39 is 0 Å². The molecular weight excluding hydrogens is 364 g/mol. The fourth-order valence-corrected chi connectivity index (χ4v) is 4.87. The molecule has 8 heteroatoms. The lowest BCUT2D eigenvalue weighted by Gasteiger charge is -2.35. The van der Waals surface area contributed by atoms with Crippen molar-refractivity contribution in [1.82, 2.24) is 14.8 Å². The number of fused-ring (bicyclic) bond motifs is 1. The van der Waals surface area contributed by atoms with E-state index in [2.05, 4.69) is 16.0 Å². The van der Waals surface area contributed by atoms with Gasteiger partial charge in [-0.05, 0) is 24.6 Å². The van der Waals surface area contributed by atoms with Crippen LogP contribution in [0.4, 0.5) is 5.13 Å². The van der Waals surface area contributed by atoms with Gasteiger partial charge in [0.05, 0.1) is 22.7 Å². The maximum absolute atomic E-state index is 12.9. The molecule has 4 rings (SSSR count). The molecule has 2 saturated heterocycles. The van der Waals surface area contributed by atoms with Gasteiger partial charge in [0.15, 0.2) is 5.13 Å². The second-order valence-electron chi connectivity index (χ2n) is 7.26. The summed E-state index contributed by atoms with van der Waals surface area (Å²) in [6.07, 6.45) is 0.255. The molecule has 2 fully saturated rings. The van der Waals surface area contributed by atoms with Crippen LogP contribution >= 0.6 is 11.3 Å². The summed E-state index contributed by atoms with van der Waals surface area (Å²) in [5.41, 5.74) is 2.06. The SMILES string of the molecule is Cc1ccc2nc(N3CC(C(=O)N4CCN(CCO)CC4)CC3=O)sc2c1. The van der Waals surface area contributed by atoms with Gasteiger partial charge in [0, 0.05) is 45.7 Å². The first kappa shape index (κ1) is 18.3. The van der Waals surface area contributed by atoms with E-state index in [1.807, 2.05) is 24.0 Å². The standard InChI is InChI=1S/C19H24N4O3S/c1-13-2-3-15-16(10-13)27-19(20-15)23-12-14(11-17(23)25)18(26)22-6-4-21(5-7-22)8-9-24/h2-3,10,14,24H,4-9,11-12H2,1H3. The third kappa shape index (κ3) is 3.69. The summed E-state index contributed by atoms with van der Waals surface area (Å²) in [6.45, 7) is 6.09. The minimum Gasteiger partial charge on any atom is -0.395 e. The summed E-state index contributed by atoms with van der Waals surface area (Å²) in [6, 6.07) is 6.06. The smallest absolute Gasteiger partial charge is 0.229 e. The molecule has 2 aliphatic heterocycles. The first-order valence-electron chi connectivity index (χ1n) is 9.34. The Bertz CT molecular complexity index is 860. The predicted octanol–water partition coefficient (Wildman–Crippen LogP) is 1.09. The molecule has 7 nitrogen and oxygen atoms in total. The number of hydrogen-bond acceptors (Lipinski definition) is 6. The van der Waals surface area contributed by atoms with Crippen LogP contribution in [-0.2, 0) is 9.59 Å². The van der Waals surface area contributed by atoms with Gasteiger partial charge in [-0.2, -0.15) is 0 Å². The van der Waals surface area contributed by atoms with Gasteiger partial charge in [-0.1, -0.05) is 17.4 Å². The number of aryl methyl sites for hydroxylation is 1. The lowest BCUT2D eigenvalue weighted by molar-refractivity contribution is -0.137. The molecule has 0 saturated carbocycles. The lowest BCUT2D eigenvalue weighted by Crippen LogP contribution is -2.51. The molecule has 0 aliphatic carbocycles. The Labute approximate surface area is 162 Å². The molecule has 1 unspecified atom stereocenters. The van der Waals surface area contributed by atoms with Crippen LogP contribution in [0.25, 0.3) is 10.2 Å². The van der Waals surface area contributed by atoms with Gasteiger partial charge < -0.3 is 10.0 Å². The van der Waals surface area contributed by atoms with E-state index in [9.17, 15) is 9.59 Å². The van der Waals surface area contributed by atoms with Gasteiger partial charge in [0.25, 0.3) is 0 Å². The molecule has 27 heavy (non-hydrogen) atoms. The van der Waals surface area contributed by atoms with Crippen molar-refractivity contribution in [2.75, 3.05) is 50.8 Å². The quantitative estimate of drug-likeness (QED) is 0.849.